The number of unbranched alkanes of at least 4 members (excludes halogenated alkanes) is 7. The van der Waals surface area contributed by atoms with E-state index in [9.17, 15) is 4.79 Å². The van der Waals surface area contributed by atoms with Crippen molar-refractivity contribution < 1.29 is 4.79 Å². The van der Waals surface area contributed by atoms with Crippen LogP contribution in [0.25, 0.3) is 0 Å². The van der Waals surface area contributed by atoms with E-state index < -0.39 is 0 Å². The Morgan fingerprint density at radius 1 is 0.938 bits per heavy atom. The van der Waals surface area contributed by atoms with Crippen molar-refractivity contribution in [2.24, 2.45) is 0 Å². The molecule has 0 aliphatic rings. The first-order valence-electron chi connectivity index (χ1n) is 6.93. The summed E-state index contributed by atoms with van der Waals surface area (Å²) in [5, 5.41) is 0. The zero-order chi connectivity index (χ0) is 12.1. The highest BCUT2D eigenvalue weighted by molar-refractivity contribution is 5.78. The smallest absolute Gasteiger partial charge is 0.132 e. The fourth-order valence-electron chi connectivity index (χ4n) is 1.82. The van der Waals surface area contributed by atoms with E-state index in [1.807, 2.05) is 6.08 Å². The zero-order valence-corrected chi connectivity index (χ0v) is 11.0. The van der Waals surface area contributed by atoms with Gasteiger partial charge in [-0.2, -0.15) is 0 Å². The summed E-state index contributed by atoms with van der Waals surface area (Å²) in [5.41, 5.74) is 0. The predicted molar refractivity (Wildman–Crippen MR) is 71.7 cm³/mol. The van der Waals surface area contributed by atoms with Gasteiger partial charge in [0.15, 0.2) is 0 Å². The van der Waals surface area contributed by atoms with Gasteiger partial charge >= 0.3 is 0 Å². The second-order valence-corrected chi connectivity index (χ2v) is 4.59. The highest BCUT2D eigenvalue weighted by Gasteiger charge is 2.00. The first kappa shape index (κ1) is 15.4. The molecule has 0 aliphatic heterocycles. The Labute approximate surface area is 101 Å². The summed E-state index contributed by atoms with van der Waals surface area (Å²) < 4.78 is 0. The second kappa shape index (κ2) is 12.5. The summed E-state index contributed by atoms with van der Waals surface area (Å²) in [4.78, 5) is 11.4. The van der Waals surface area contributed by atoms with Crippen molar-refractivity contribution in [2.45, 2.75) is 77.6 Å². The van der Waals surface area contributed by atoms with Crippen LogP contribution in [0.3, 0.4) is 0 Å². The van der Waals surface area contributed by atoms with Gasteiger partial charge in [0.2, 0.25) is 0 Å². The first-order valence-corrected chi connectivity index (χ1v) is 6.93. The maximum atomic E-state index is 11.4. The highest BCUT2D eigenvalue weighted by Crippen LogP contribution is 2.10. The van der Waals surface area contributed by atoms with Crippen LogP contribution in [-0.4, -0.2) is 5.78 Å². The molecule has 0 radical (unpaired) electrons. The monoisotopic (exact) mass is 224 g/mol. The third-order valence-electron chi connectivity index (χ3n) is 2.92. The van der Waals surface area contributed by atoms with Crippen LogP contribution in [0, 0.1) is 0 Å². The second-order valence-electron chi connectivity index (χ2n) is 4.59. The predicted octanol–water partition coefficient (Wildman–Crippen LogP) is 5.05. The molecule has 0 rings (SSSR count). The highest BCUT2D eigenvalue weighted by atomic mass is 16.1. The molecular weight excluding hydrogens is 196 g/mol. The number of allylic oxidation sites excluding steroid dienone is 1. The molecule has 94 valence electrons. The van der Waals surface area contributed by atoms with Gasteiger partial charge in [0.25, 0.3) is 0 Å². The standard InChI is InChI=1S/C15H28O/c1-3-5-7-8-9-10-11-12-14-15(16)13-6-4-2/h3H,1,4-14H2,2H3. The molecule has 0 unspecified atom stereocenters. The maximum Gasteiger partial charge on any atom is 0.132 e. The van der Waals surface area contributed by atoms with E-state index in [0.717, 1.165) is 38.5 Å². The van der Waals surface area contributed by atoms with Crippen molar-refractivity contribution in [2.75, 3.05) is 0 Å². The van der Waals surface area contributed by atoms with Gasteiger partial charge in [0.1, 0.15) is 5.78 Å². The minimum Gasteiger partial charge on any atom is -0.300 e. The average molecular weight is 224 g/mol. The molecule has 0 N–H and O–H groups in total. The number of Topliss-reactive ketones (excluding diaryl/α,β-unsaturated/α-hetero) is 1. The van der Waals surface area contributed by atoms with Crippen LogP contribution in [0.4, 0.5) is 0 Å². The van der Waals surface area contributed by atoms with Crippen molar-refractivity contribution in [1.29, 1.82) is 0 Å². The Balaban J connectivity index is 3.08. The molecule has 16 heavy (non-hydrogen) atoms. The Hall–Kier alpha value is -0.590. The van der Waals surface area contributed by atoms with E-state index in [0.29, 0.717) is 5.78 Å². The lowest BCUT2D eigenvalue weighted by atomic mass is 10.0. The van der Waals surface area contributed by atoms with Gasteiger partial charge in [-0.3, -0.25) is 4.79 Å². The molecule has 0 aliphatic carbocycles. The first-order chi connectivity index (χ1) is 7.81. The molecule has 0 aromatic carbocycles. The van der Waals surface area contributed by atoms with Gasteiger partial charge in [0.05, 0.1) is 0 Å². The number of hydrogen-bond donors (Lipinski definition) is 0. The Kier molecular flexibility index (Phi) is 12.0. The van der Waals surface area contributed by atoms with E-state index in [1.165, 1.54) is 32.1 Å². The summed E-state index contributed by atoms with van der Waals surface area (Å²) in [6, 6.07) is 0. The molecule has 0 heterocycles. The minimum atomic E-state index is 0.466. The average Bonchev–Trinajstić information content (AvgIpc) is 2.30. The fraction of sp³-hybridized carbons (Fsp3) is 0.800. The third-order valence-corrected chi connectivity index (χ3v) is 2.92. The van der Waals surface area contributed by atoms with Crippen molar-refractivity contribution in [1.82, 2.24) is 0 Å². The Morgan fingerprint density at radius 3 is 2.12 bits per heavy atom. The van der Waals surface area contributed by atoms with E-state index >= 15 is 0 Å². The maximum absolute atomic E-state index is 11.4. The topological polar surface area (TPSA) is 17.1 Å². The summed E-state index contributed by atoms with van der Waals surface area (Å²) in [7, 11) is 0. The molecule has 0 atom stereocenters. The largest absolute Gasteiger partial charge is 0.300 e. The normalized spacial score (nSPS) is 10.3. The van der Waals surface area contributed by atoms with E-state index in [-0.39, 0.29) is 0 Å². The molecule has 1 heteroatoms. The van der Waals surface area contributed by atoms with Gasteiger partial charge in [-0.1, -0.05) is 45.1 Å². The number of carbonyl (C=O) groups excluding carboxylic acids is 1. The van der Waals surface area contributed by atoms with Crippen LogP contribution in [0.1, 0.15) is 77.6 Å². The summed E-state index contributed by atoms with van der Waals surface area (Å²) in [6.07, 6.45) is 14.5. The van der Waals surface area contributed by atoms with Crippen molar-refractivity contribution in [3.05, 3.63) is 12.7 Å². The number of ketones is 1. The molecule has 0 spiro atoms. The van der Waals surface area contributed by atoms with Crippen LogP contribution in [0.2, 0.25) is 0 Å². The third kappa shape index (κ3) is 11.5. The Morgan fingerprint density at radius 2 is 1.50 bits per heavy atom. The summed E-state index contributed by atoms with van der Waals surface area (Å²) in [6.45, 7) is 5.85. The van der Waals surface area contributed by atoms with Gasteiger partial charge in [-0.25, -0.2) is 0 Å². The van der Waals surface area contributed by atoms with E-state index in [1.54, 1.807) is 0 Å². The van der Waals surface area contributed by atoms with Crippen molar-refractivity contribution in [3.8, 4) is 0 Å². The molecule has 0 aromatic rings. The lowest BCUT2D eigenvalue weighted by Crippen LogP contribution is -1.96. The van der Waals surface area contributed by atoms with Crippen LogP contribution in [0.15, 0.2) is 12.7 Å². The van der Waals surface area contributed by atoms with Gasteiger partial charge < -0.3 is 0 Å². The molecule has 0 bridgehead atoms. The molecule has 0 fully saturated rings. The van der Waals surface area contributed by atoms with Gasteiger partial charge in [0, 0.05) is 12.8 Å². The van der Waals surface area contributed by atoms with Crippen LogP contribution in [-0.2, 0) is 4.79 Å². The number of rotatable bonds is 12. The van der Waals surface area contributed by atoms with Crippen LogP contribution in [0.5, 0.6) is 0 Å². The molecule has 0 aromatic heterocycles. The quantitative estimate of drug-likeness (QED) is 0.335. The molecular formula is C15H28O. The van der Waals surface area contributed by atoms with Crippen molar-refractivity contribution >= 4 is 5.78 Å². The minimum absolute atomic E-state index is 0.466. The van der Waals surface area contributed by atoms with Crippen LogP contribution < -0.4 is 0 Å². The van der Waals surface area contributed by atoms with Crippen molar-refractivity contribution in [3.63, 3.8) is 0 Å². The lowest BCUT2D eigenvalue weighted by Gasteiger charge is -2.01. The fourth-order valence-corrected chi connectivity index (χ4v) is 1.82. The molecule has 0 saturated carbocycles. The Bertz CT molecular complexity index is 172. The molecule has 0 saturated heterocycles. The van der Waals surface area contributed by atoms with Gasteiger partial charge in [-0.05, 0) is 25.7 Å². The summed E-state index contributed by atoms with van der Waals surface area (Å²) in [5.74, 6) is 0.466. The molecule has 1 nitrogen and oxygen atoms in total. The van der Waals surface area contributed by atoms with Crippen LogP contribution >= 0.6 is 0 Å². The van der Waals surface area contributed by atoms with Gasteiger partial charge in [-0.15, -0.1) is 6.58 Å². The SMILES string of the molecule is C=CCCCCCCCCC(=O)CCCC. The number of hydrogen-bond acceptors (Lipinski definition) is 1. The zero-order valence-electron chi connectivity index (χ0n) is 11.0. The van der Waals surface area contributed by atoms with E-state index in [2.05, 4.69) is 13.5 Å². The summed E-state index contributed by atoms with van der Waals surface area (Å²) >= 11 is 0. The van der Waals surface area contributed by atoms with E-state index in [4.69, 9.17) is 0 Å². The molecule has 0 amide bonds. The lowest BCUT2D eigenvalue weighted by molar-refractivity contribution is -0.119. The number of carbonyl (C=O) groups is 1.